The molecule has 0 aromatic heterocycles. The van der Waals surface area contributed by atoms with Crippen molar-refractivity contribution in [3.8, 4) is 5.75 Å². The third kappa shape index (κ3) is 6.47. The predicted octanol–water partition coefficient (Wildman–Crippen LogP) is 2.92. The Morgan fingerprint density at radius 1 is 1.40 bits per heavy atom. The van der Waals surface area contributed by atoms with Crippen molar-refractivity contribution in [1.29, 1.82) is 0 Å². The highest BCUT2D eigenvalue weighted by Gasteiger charge is 1.95. The van der Waals surface area contributed by atoms with Crippen LogP contribution in [-0.4, -0.2) is 26.1 Å². The largest absolute Gasteiger partial charge is 0.497 e. The number of nitrogens with zero attached hydrogens (tertiary/aromatic N) is 3. The van der Waals surface area contributed by atoms with Crippen molar-refractivity contribution in [3.05, 3.63) is 46.3 Å². The van der Waals surface area contributed by atoms with E-state index in [0.717, 1.165) is 24.2 Å². The van der Waals surface area contributed by atoms with Crippen LogP contribution in [0.5, 0.6) is 5.75 Å². The second-order valence-electron chi connectivity index (χ2n) is 4.06. The van der Waals surface area contributed by atoms with Crippen molar-refractivity contribution in [2.75, 3.05) is 20.2 Å². The Morgan fingerprint density at radius 3 is 2.80 bits per heavy atom. The van der Waals surface area contributed by atoms with Crippen molar-refractivity contribution in [1.82, 2.24) is 5.32 Å². The molecule has 1 rings (SSSR count). The van der Waals surface area contributed by atoms with Crippen LogP contribution in [0.4, 0.5) is 0 Å². The maximum Gasteiger partial charge on any atom is 0.243 e. The Balaban J connectivity index is 2.26. The van der Waals surface area contributed by atoms with E-state index in [0.29, 0.717) is 13.1 Å². The molecule has 6 nitrogen and oxygen atoms in total. The van der Waals surface area contributed by atoms with Crippen LogP contribution < -0.4 is 10.1 Å². The van der Waals surface area contributed by atoms with E-state index < -0.39 is 0 Å². The number of amides is 1. The summed E-state index contributed by atoms with van der Waals surface area (Å²) < 4.78 is 5.05. The van der Waals surface area contributed by atoms with Gasteiger partial charge in [0.05, 0.1) is 7.11 Å². The fraction of sp³-hybridized carbons (Fsp3) is 0.357. The number of hydrogen-bond acceptors (Lipinski definition) is 3. The Kier molecular flexibility index (Phi) is 7.38. The Hall–Kier alpha value is -2.46. The molecular formula is C14H18N4O2. The molecule has 6 heteroatoms. The van der Waals surface area contributed by atoms with Crippen LogP contribution in [0.3, 0.4) is 0 Å². The minimum atomic E-state index is -0.135. The van der Waals surface area contributed by atoms with E-state index in [2.05, 4.69) is 15.3 Å². The lowest BCUT2D eigenvalue weighted by atomic mass is 10.2. The maximum atomic E-state index is 11.5. The van der Waals surface area contributed by atoms with Crippen LogP contribution in [0.25, 0.3) is 16.5 Å². The third-order valence-electron chi connectivity index (χ3n) is 2.59. The van der Waals surface area contributed by atoms with Gasteiger partial charge in [-0.1, -0.05) is 17.2 Å². The van der Waals surface area contributed by atoms with E-state index in [4.69, 9.17) is 10.3 Å². The summed E-state index contributed by atoms with van der Waals surface area (Å²) in [7, 11) is 1.61. The van der Waals surface area contributed by atoms with Crippen molar-refractivity contribution in [3.63, 3.8) is 0 Å². The predicted molar refractivity (Wildman–Crippen MR) is 78.3 cm³/mol. The van der Waals surface area contributed by atoms with Gasteiger partial charge in [-0.05, 0) is 42.1 Å². The van der Waals surface area contributed by atoms with Gasteiger partial charge in [0, 0.05) is 24.1 Å². The van der Waals surface area contributed by atoms with Crippen LogP contribution in [0.1, 0.15) is 18.4 Å². The highest BCUT2D eigenvalue weighted by atomic mass is 16.5. The molecule has 0 atom stereocenters. The highest BCUT2D eigenvalue weighted by molar-refractivity contribution is 5.91. The number of ether oxygens (including phenoxy) is 1. The molecule has 1 aromatic carbocycles. The topological polar surface area (TPSA) is 87.1 Å². The maximum absolute atomic E-state index is 11.5. The molecule has 1 N–H and O–H groups in total. The van der Waals surface area contributed by atoms with Crippen molar-refractivity contribution in [2.24, 2.45) is 5.11 Å². The Bertz CT molecular complexity index is 490. The van der Waals surface area contributed by atoms with Crippen molar-refractivity contribution in [2.45, 2.75) is 12.8 Å². The lowest BCUT2D eigenvalue weighted by Crippen LogP contribution is -2.22. The van der Waals surface area contributed by atoms with Crippen LogP contribution in [-0.2, 0) is 4.79 Å². The Labute approximate surface area is 118 Å². The quantitative estimate of drug-likeness (QED) is 0.260. The van der Waals surface area contributed by atoms with Crippen LogP contribution in [0, 0.1) is 0 Å². The number of methoxy groups -OCH3 is 1. The van der Waals surface area contributed by atoms with Gasteiger partial charge in [0.15, 0.2) is 0 Å². The average molecular weight is 274 g/mol. The summed E-state index contributed by atoms with van der Waals surface area (Å²) in [5, 5.41) is 6.19. The van der Waals surface area contributed by atoms with E-state index >= 15 is 0 Å². The van der Waals surface area contributed by atoms with E-state index in [1.165, 1.54) is 6.08 Å². The SMILES string of the molecule is COc1ccc(/C=C/C(=O)NCCCCN=[N+]=[N-])cc1. The molecule has 20 heavy (non-hydrogen) atoms. The molecule has 1 amide bonds. The molecular weight excluding hydrogens is 256 g/mol. The molecule has 0 saturated carbocycles. The number of nitrogens with one attached hydrogen (secondary N) is 1. The summed E-state index contributed by atoms with van der Waals surface area (Å²) >= 11 is 0. The first-order valence-electron chi connectivity index (χ1n) is 6.37. The lowest BCUT2D eigenvalue weighted by Gasteiger charge is -2.01. The van der Waals surface area contributed by atoms with E-state index in [9.17, 15) is 4.79 Å². The summed E-state index contributed by atoms with van der Waals surface area (Å²) in [6.45, 7) is 1.04. The Morgan fingerprint density at radius 2 is 2.15 bits per heavy atom. The first kappa shape index (κ1) is 15.6. The van der Waals surface area contributed by atoms with Gasteiger partial charge in [-0.25, -0.2) is 0 Å². The summed E-state index contributed by atoms with van der Waals surface area (Å²) in [5.74, 6) is 0.649. The molecule has 0 aliphatic carbocycles. The van der Waals surface area contributed by atoms with Gasteiger partial charge in [0.25, 0.3) is 0 Å². The zero-order chi connectivity index (χ0) is 14.6. The number of carbonyl (C=O) groups excluding carboxylic acids is 1. The van der Waals surface area contributed by atoms with E-state index in [1.807, 2.05) is 24.3 Å². The molecule has 106 valence electrons. The monoisotopic (exact) mass is 274 g/mol. The molecule has 0 spiro atoms. The number of azide groups is 1. The second-order valence-corrected chi connectivity index (χ2v) is 4.06. The van der Waals surface area contributed by atoms with E-state index in [-0.39, 0.29) is 5.91 Å². The third-order valence-corrected chi connectivity index (χ3v) is 2.59. The van der Waals surface area contributed by atoms with Gasteiger partial charge in [-0.15, -0.1) is 0 Å². The molecule has 0 aliphatic heterocycles. The fourth-order valence-electron chi connectivity index (χ4n) is 1.51. The molecule has 0 radical (unpaired) electrons. The molecule has 1 aromatic rings. The average Bonchev–Trinajstić information content (AvgIpc) is 2.49. The van der Waals surface area contributed by atoms with Crippen molar-refractivity contribution >= 4 is 12.0 Å². The smallest absolute Gasteiger partial charge is 0.243 e. The molecule has 0 saturated heterocycles. The summed E-state index contributed by atoms with van der Waals surface area (Å²) in [4.78, 5) is 14.2. The number of hydrogen-bond donors (Lipinski definition) is 1. The van der Waals surface area contributed by atoms with Crippen molar-refractivity contribution < 1.29 is 9.53 Å². The first-order chi connectivity index (χ1) is 9.76. The number of benzene rings is 1. The first-order valence-corrected chi connectivity index (χ1v) is 6.37. The van der Waals surface area contributed by atoms with Gasteiger partial charge in [0.1, 0.15) is 5.75 Å². The zero-order valence-corrected chi connectivity index (χ0v) is 11.5. The normalized spacial score (nSPS) is 10.1. The van der Waals surface area contributed by atoms with E-state index in [1.54, 1.807) is 13.2 Å². The fourth-order valence-corrected chi connectivity index (χ4v) is 1.51. The highest BCUT2D eigenvalue weighted by Crippen LogP contribution is 2.12. The van der Waals surface area contributed by atoms with Crippen LogP contribution >= 0.6 is 0 Å². The molecule has 0 unspecified atom stereocenters. The lowest BCUT2D eigenvalue weighted by molar-refractivity contribution is -0.116. The molecule has 0 heterocycles. The summed E-state index contributed by atoms with van der Waals surface area (Å²) in [6, 6.07) is 7.44. The molecule has 0 bridgehead atoms. The number of carbonyl (C=O) groups is 1. The van der Waals surface area contributed by atoms with Crippen LogP contribution in [0.15, 0.2) is 35.5 Å². The summed E-state index contributed by atoms with van der Waals surface area (Å²) in [5.41, 5.74) is 9.03. The number of rotatable bonds is 8. The van der Waals surface area contributed by atoms with Gasteiger partial charge in [0.2, 0.25) is 5.91 Å². The van der Waals surface area contributed by atoms with Gasteiger partial charge in [-0.2, -0.15) is 0 Å². The van der Waals surface area contributed by atoms with Gasteiger partial charge >= 0.3 is 0 Å². The molecule has 0 aliphatic rings. The number of unbranched alkanes of at least 4 members (excludes halogenated alkanes) is 1. The van der Waals surface area contributed by atoms with Gasteiger partial charge in [-0.3, -0.25) is 4.79 Å². The standard InChI is InChI=1S/C14H18N4O2/c1-20-13-7-4-12(5-8-13)6-9-14(19)16-10-2-3-11-17-18-15/h4-9H,2-3,10-11H2,1H3,(H,16,19)/b9-6+. The molecule has 0 fully saturated rings. The second kappa shape index (κ2) is 9.47. The minimum absolute atomic E-state index is 0.135. The van der Waals surface area contributed by atoms with Crippen LogP contribution in [0.2, 0.25) is 0 Å². The summed E-state index contributed by atoms with van der Waals surface area (Å²) in [6.07, 6.45) is 4.80. The zero-order valence-electron chi connectivity index (χ0n) is 11.5. The minimum Gasteiger partial charge on any atom is -0.497 e. The van der Waals surface area contributed by atoms with Gasteiger partial charge < -0.3 is 10.1 Å².